The summed E-state index contributed by atoms with van der Waals surface area (Å²) in [5, 5.41) is 3.19. The highest BCUT2D eigenvalue weighted by Gasteiger charge is 2.13. The van der Waals surface area contributed by atoms with Crippen molar-refractivity contribution in [2.24, 2.45) is 5.92 Å². The van der Waals surface area contributed by atoms with Gasteiger partial charge >= 0.3 is 0 Å². The molecule has 3 rings (SSSR count). The highest BCUT2D eigenvalue weighted by atomic mass is 16.1. The first-order chi connectivity index (χ1) is 10.6. The van der Waals surface area contributed by atoms with Gasteiger partial charge in [0.05, 0.1) is 0 Å². The first kappa shape index (κ1) is 14.2. The monoisotopic (exact) mass is 295 g/mol. The van der Waals surface area contributed by atoms with E-state index in [2.05, 4.69) is 34.1 Å². The smallest absolute Gasteiger partial charge is 0.283 e. The quantitative estimate of drug-likeness (QED) is 0.801. The molecule has 22 heavy (non-hydrogen) atoms. The van der Waals surface area contributed by atoms with Gasteiger partial charge in [-0.25, -0.2) is 9.97 Å². The lowest BCUT2D eigenvalue weighted by molar-refractivity contribution is 0.513. The molecule has 0 spiro atoms. The Kier molecular flexibility index (Phi) is 3.82. The topological polar surface area (TPSA) is 72.7 Å². The number of aromatic nitrogens is 4. The molecule has 0 aliphatic heterocycles. The normalized spacial score (nSPS) is 11.0. The van der Waals surface area contributed by atoms with Crippen LogP contribution in [-0.2, 0) is 6.54 Å². The molecule has 3 aromatic rings. The first-order valence-corrected chi connectivity index (χ1v) is 7.19. The Morgan fingerprint density at radius 2 is 1.86 bits per heavy atom. The molecule has 6 heteroatoms. The predicted molar refractivity (Wildman–Crippen MR) is 86.2 cm³/mol. The SMILES string of the molecule is CC(C)Cn1c(Nc2ccccc2)nc2nccnc2c1=O. The van der Waals surface area contributed by atoms with Crippen LogP contribution in [0.3, 0.4) is 0 Å². The lowest BCUT2D eigenvalue weighted by Crippen LogP contribution is -2.27. The second kappa shape index (κ2) is 5.93. The standard InChI is InChI=1S/C16H17N5O/c1-11(2)10-21-15(22)13-14(18-9-8-17-13)20-16(21)19-12-6-4-3-5-7-12/h3-9,11H,10H2,1-2H3,(H,18,19,20). The van der Waals surface area contributed by atoms with E-state index >= 15 is 0 Å². The predicted octanol–water partition coefficient (Wildman–Crippen LogP) is 2.59. The van der Waals surface area contributed by atoms with E-state index in [1.54, 1.807) is 4.57 Å². The molecule has 6 nitrogen and oxygen atoms in total. The van der Waals surface area contributed by atoms with E-state index in [0.29, 0.717) is 29.6 Å². The van der Waals surface area contributed by atoms with Gasteiger partial charge in [0, 0.05) is 24.6 Å². The van der Waals surface area contributed by atoms with Gasteiger partial charge in [0.1, 0.15) is 0 Å². The third-order valence-electron chi connectivity index (χ3n) is 3.17. The van der Waals surface area contributed by atoms with E-state index in [0.717, 1.165) is 5.69 Å². The second-order valence-electron chi connectivity index (χ2n) is 5.46. The van der Waals surface area contributed by atoms with Crippen LogP contribution in [0.5, 0.6) is 0 Å². The van der Waals surface area contributed by atoms with E-state index in [-0.39, 0.29) is 5.56 Å². The molecule has 0 bridgehead atoms. The van der Waals surface area contributed by atoms with Crippen LogP contribution in [0.2, 0.25) is 0 Å². The van der Waals surface area contributed by atoms with Crippen LogP contribution in [-0.4, -0.2) is 19.5 Å². The number of fused-ring (bicyclic) bond motifs is 1. The Labute approximate surface area is 127 Å². The Hall–Kier alpha value is -2.76. The molecule has 0 saturated carbocycles. The summed E-state index contributed by atoms with van der Waals surface area (Å²) in [6, 6.07) is 9.63. The number of hydrogen-bond acceptors (Lipinski definition) is 5. The maximum Gasteiger partial charge on any atom is 0.283 e. The van der Waals surface area contributed by atoms with E-state index in [1.165, 1.54) is 12.4 Å². The minimum absolute atomic E-state index is 0.176. The second-order valence-corrected chi connectivity index (χ2v) is 5.46. The van der Waals surface area contributed by atoms with Crippen LogP contribution < -0.4 is 10.9 Å². The van der Waals surface area contributed by atoms with Gasteiger partial charge in [0.2, 0.25) is 5.95 Å². The largest absolute Gasteiger partial charge is 0.325 e. The maximum absolute atomic E-state index is 12.7. The molecule has 1 aromatic carbocycles. The average molecular weight is 295 g/mol. The van der Waals surface area contributed by atoms with E-state index in [4.69, 9.17) is 0 Å². The summed E-state index contributed by atoms with van der Waals surface area (Å²) < 4.78 is 1.62. The zero-order valence-electron chi connectivity index (χ0n) is 12.5. The lowest BCUT2D eigenvalue weighted by atomic mass is 10.2. The lowest BCUT2D eigenvalue weighted by Gasteiger charge is -2.15. The van der Waals surface area contributed by atoms with Crippen LogP contribution in [0, 0.1) is 5.92 Å². The van der Waals surface area contributed by atoms with Gasteiger partial charge in [-0.1, -0.05) is 32.0 Å². The maximum atomic E-state index is 12.7. The fourth-order valence-electron chi connectivity index (χ4n) is 2.23. The van der Waals surface area contributed by atoms with Crippen LogP contribution in [0.25, 0.3) is 11.2 Å². The van der Waals surface area contributed by atoms with Crippen molar-refractivity contribution in [2.75, 3.05) is 5.32 Å². The van der Waals surface area contributed by atoms with Crippen molar-refractivity contribution in [3.8, 4) is 0 Å². The van der Waals surface area contributed by atoms with Crippen molar-refractivity contribution in [1.29, 1.82) is 0 Å². The van der Waals surface area contributed by atoms with Gasteiger partial charge in [0.25, 0.3) is 5.56 Å². The van der Waals surface area contributed by atoms with Crippen molar-refractivity contribution in [3.63, 3.8) is 0 Å². The van der Waals surface area contributed by atoms with Crippen LogP contribution >= 0.6 is 0 Å². The molecule has 2 aromatic heterocycles. The number of hydrogen-bond donors (Lipinski definition) is 1. The van der Waals surface area contributed by atoms with E-state index in [1.807, 2.05) is 30.3 Å². The molecular formula is C16H17N5O. The Balaban J connectivity index is 2.16. The van der Waals surface area contributed by atoms with Crippen molar-refractivity contribution in [2.45, 2.75) is 20.4 Å². The Morgan fingerprint density at radius 1 is 1.14 bits per heavy atom. The van der Waals surface area contributed by atoms with Crippen molar-refractivity contribution < 1.29 is 0 Å². The van der Waals surface area contributed by atoms with E-state index < -0.39 is 0 Å². The van der Waals surface area contributed by atoms with Gasteiger partial charge in [-0.3, -0.25) is 9.36 Å². The Morgan fingerprint density at radius 3 is 2.59 bits per heavy atom. The number of benzene rings is 1. The summed E-state index contributed by atoms with van der Waals surface area (Å²) in [5.41, 5.74) is 1.34. The zero-order chi connectivity index (χ0) is 15.5. The molecular weight excluding hydrogens is 278 g/mol. The fraction of sp³-hybridized carbons (Fsp3) is 0.250. The third kappa shape index (κ3) is 2.81. The summed E-state index contributed by atoms with van der Waals surface area (Å²) in [5.74, 6) is 0.794. The summed E-state index contributed by atoms with van der Waals surface area (Å²) in [6.45, 7) is 4.67. The minimum atomic E-state index is -0.176. The molecule has 0 amide bonds. The minimum Gasteiger partial charge on any atom is -0.325 e. The highest BCUT2D eigenvalue weighted by molar-refractivity contribution is 5.70. The van der Waals surface area contributed by atoms with Gasteiger partial charge in [-0.05, 0) is 18.1 Å². The summed E-state index contributed by atoms with van der Waals surface area (Å²) in [7, 11) is 0. The number of anilines is 2. The molecule has 0 fully saturated rings. The number of nitrogens with one attached hydrogen (secondary N) is 1. The van der Waals surface area contributed by atoms with Gasteiger partial charge < -0.3 is 5.32 Å². The molecule has 1 N–H and O–H groups in total. The van der Waals surface area contributed by atoms with Gasteiger partial charge in [-0.2, -0.15) is 4.98 Å². The van der Waals surface area contributed by atoms with Crippen LogP contribution in [0.1, 0.15) is 13.8 Å². The van der Waals surface area contributed by atoms with Crippen molar-refractivity contribution in [3.05, 3.63) is 53.1 Å². The fourth-order valence-corrected chi connectivity index (χ4v) is 2.23. The van der Waals surface area contributed by atoms with Crippen LogP contribution in [0.15, 0.2) is 47.5 Å². The van der Waals surface area contributed by atoms with Crippen molar-refractivity contribution in [1.82, 2.24) is 19.5 Å². The third-order valence-corrected chi connectivity index (χ3v) is 3.17. The van der Waals surface area contributed by atoms with E-state index in [9.17, 15) is 4.79 Å². The number of rotatable bonds is 4. The number of para-hydroxylation sites is 1. The number of nitrogens with zero attached hydrogens (tertiary/aromatic N) is 4. The summed E-state index contributed by atoms with van der Waals surface area (Å²) >= 11 is 0. The molecule has 0 radical (unpaired) electrons. The van der Waals surface area contributed by atoms with Crippen molar-refractivity contribution >= 4 is 22.8 Å². The molecule has 0 atom stereocenters. The molecule has 0 aliphatic carbocycles. The summed E-state index contributed by atoms with van der Waals surface area (Å²) in [4.78, 5) is 25.4. The highest BCUT2D eigenvalue weighted by Crippen LogP contribution is 2.15. The molecule has 112 valence electrons. The molecule has 0 aliphatic rings. The zero-order valence-corrected chi connectivity index (χ0v) is 12.5. The molecule has 2 heterocycles. The molecule has 0 unspecified atom stereocenters. The van der Waals surface area contributed by atoms with Gasteiger partial charge in [-0.15, -0.1) is 0 Å². The first-order valence-electron chi connectivity index (χ1n) is 7.19. The molecule has 0 saturated heterocycles. The Bertz CT molecular complexity index is 842. The summed E-state index contributed by atoms with van der Waals surface area (Å²) in [6.07, 6.45) is 3.04. The average Bonchev–Trinajstić information content (AvgIpc) is 2.52. The van der Waals surface area contributed by atoms with Crippen LogP contribution in [0.4, 0.5) is 11.6 Å². The van der Waals surface area contributed by atoms with Gasteiger partial charge in [0.15, 0.2) is 11.2 Å².